The number of fused-ring (bicyclic) bond motifs is 1. The van der Waals surface area contributed by atoms with Gasteiger partial charge in [-0.3, -0.25) is 9.36 Å². The van der Waals surface area contributed by atoms with E-state index in [4.69, 9.17) is 14.7 Å². The van der Waals surface area contributed by atoms with Gasteiger partial charge in [-0.05, 0) is 75.4 Å². The maximum absolute atomic E-state index is 12.1. The van der Waals surface area contributed by atoms with E-state index in [1.54, 1.807) is 19.2 Å². The third-order valence-corrected chi connectivity index (χ3v) is 5.93. The summed E-state index contributed by atoms with van der Waals surface area (Å²) >= 11 is 0. The van der Waals surface area contributed by atoms with Crippen LogP contribution in [0.4, 0.5) is 22.2 Å². The van der Waals surface area contributed by atoms with E-state index >= 15 is 0 Å². The molecule has 0 unspecified atom stereocenters. The molecule has 0 fully saturated rings. The first kappa shape index (κ1) is 30.7. The van der Waals surface area contributed by atoms with Crippen molar-refractivity contribution in [3.8, 4) is 0 Å². The summed E-state index contributed by atoms with van der Waals surface area (Å²) in [7, 11) is 1.61. The molecular formula is C30H45N7O3. The molecule has 0 aliphatic heterocycles. The maximum Gasteiger partial charge on any atom is 0.407 e. The number of hydrogen-bond acceptors (Lipinski definition) is 7. The van der Waals surface area contributed by atoms with Crippen LogP contribution < -0.4 is 20.9 Å². The number of rotatable bonds is 12. The molecule has 2 amide bonds. The maximum atomic E-state index is 12.1. The van der Waals surface area contributed by atoms with Crippen LogP contribution in [-0.4, -0.2) is 58.8 Å². The second-order valence-corrected chi connectivity index (χ2v) is 11.9. The number of ether oxygens (including phenoxy) is 1. The molecule has 3 rings (SSSR count). The Kier molecular flexibility index (Phi) is 10.4. The van der Waals surface area contributed by atoms with Crippen LogP contribution in [0.25, 0.3) is 11.2 Å². The van der Waals surface area contributed by atoms with Gasteiger partial charge in [0, 0.05) is 44.5 Å². The average Bonchev–Trinajstić information content (AvgIpc) is 3.20. The third-order valence-electron chi connectivity index (χ3n) is 5.93. The predicted molar refractivity (Wildman–Crippen MR) is 161 cm³/mol. The quantitative estimate of drug-likeness (QED) is 0.252. The van der Waals surface area contributed by atoms with Crippen molar-refractivity contribution in [3.05, 3.63) is 42.0 Å². The minimum atomic E-state index is -0.548. The molecule has 0 bridgehead atoms. The molecule has 3 aromatic rings. The van der Waals surface area contributed by atoms with Gasteiger partial charge < -0.3 is 25.6 Å². The highest BCUT2D eigenvalue weighted by Crippen LogP contribution is 2.26. The molecule has 0 aliphatic carbocycles. The Morgan fingerprint density at radius 2 is 1.62 bits per heavy atom. The number of aromatic nitrogens is 3. The van der Waals surface area contributed by atoms with Crippen molar-refractivity contribution in [3.63, 3.8) is 0 Å². The van der Waals surface area contributed by atoms with E-state index in [1.807, 2.05) is 49.6 Å². The van der Waals surface area contributed by atoms with Gasteiger partial charge >= 0.3 is 6.09 Å². The Bertz CT molecular complexity index is 1270. The van der Waals surface area contributed by atoms with E-state index in [0.29, 0.717) is 42.9 Å². The summed E-state index contributed by atoms with van der Waals surface area (Å²) < 4.78 is 7.41. The van der Waals surface area contributed by atoms with Crippen LogP contribution in [0, 0.1) is 11.8 Å². The number of benzene rings is 1. The van der Waals surface area contributed by atoms with Crippen LogP contribution in [0.2, 0.25) is 0 Å². The first-order valence-corrected chi connectivity index (χ1v) is 14.0. The predicted octanol–water partition coefficient (Wildman–Crippen LogP) is 5.57. The minimum absolute atomic E-state index is 0.139. The molecule has 0 spiro atoms. The molecule has 40 heavy (non-hydrogen) atoms. The topological polar surface area (TPSA) is 113 Å². The van der Waals surface area contributed by atoms with Crippen molar-refractivity contribution in [2.75, 3.05) is 36.9 Å². The molecule has 1 aromatic carbocycles. The largest absolute Gasteiger partial charge is 0.444 e. The Hall–Kier alpha value is -3.82. The van der Waals surface area contributed by atoms with Crippen LogP contribution in [-0.2, 0) is 11.3 Å². The highest BCUT2D eigenvalue weighted by atomic mass is 16.6. The smallest absolute Gasteiger partial charge is 0.407 e. The van der Waals surface area contributed by atoms with Crippen molar-refractivity contribution >= 4 is 40.6 Å². The lowest BCUT2D eigenvalue weighted by atomic mass is 10.1. The van der Waals surface area contributed by atoms with Crippen LogP contribution >= 0.6 is 0 Å². The van der Waals surface area contributed by atoms with Gasteiger partial charge in [-0.2, -0.15) is 0 Å². The summed E-state index contributed by atoms with van der Waals surface area (Å²) in [5.41, 5.74) is 2.39. The number of amides is 2. The van der Waals surface area contributed by atoms with Crippen molar-refractivity contribution in [2.45, 2.75) is 67.0 Å². The standard InChI is InChI=1S/C30H45N7O3/c1-20(2)18-36(19-21(3)4)25-15-14-24-26(35-25)37(17-9-16-32-29(39)40-30(5,6)7)28(34-24)33-23-12-10-22(11-13-23)27(38)31-8/h10-15,20-21H,9,16-19H2,1-8H3,(H,31,38)(H,32,39)(H,33,34). The first-order valence-electron chi connectivity index (χ1n) is 14.0. The molecule has 0 radical (unpaired) electrons. The second-order valence-electron chi connectivity index (χ2n) is 11.9. The van der Waals surface area contributed by atoms with E-state index in [1.165, 1.54) is 0 Å². The number of carbonyl (C=O) groups excluding carboxylic acids is 2. The number of carbonyl (C=O) groups is 2. The fourth-order valence-corrected chi connectivity index (χ4v) is 4.34. The number of nitrogens with one attached hydrogen (secondary N) is 3. The highest BCUT2D eigenvalue weighted by molar-refractivity contribution is 5.94. The number of alkyl carbamates (subject to hydrolysis) is 1. The van der Waals surface area contributed by atoms with Crippen molar-refractivity contribution < 1.29 is 14.3 Å². The average molecular weight is 552 g/mol. The monoisotopic (exact) mass is 551 g/mol. The molecule has 0 saturated heterocycles. The van der Waals surface area contributed by atoms with Gasteiger partial charge in [0.1, 0.15) is 16.9 Å². The highest BCUT2D eigenvalue weighted by Gasteiger charge is 2.18. The van der Waals surface area contributed by atoms with E-state index < -0.39 is 11.7 Å². The zero-order chi connectivity index (χ0) is 29.4. The van der Waals surface area contributed by atoms with Crippen LogP contribution in [0.3, 0.4) is 0 Å². The lowest BCUT2D eigenvalue weighted by Gasteiger charge is -2.27. The number of aryl methyl sites for hydroxylation is 1. The molecule has 3 N–H and O–H groups in total. The van der Waals surface area contributed by atoms with Gasteiger partial charge in [0.15, 0.2) is 5.65 Å². The Morgan fingerprint density at radius 1 is 0.975 bits per heavy atom. The van der Waals surface area contributed by atoms with E-state index in [-0.39, 0.29) is 5.91 Å². The number of hydrogen-bond donors (Lipinski definition) is 3. The fourth-order valence-electron chi connectivity index (χ4n) is 4.34. The van der Waals surface area contributed by atoms with Crippen LogP contribution in [0.15, 0.2) is 36.4 Å². The lowest BCUT2D eigenvalue weighted by Crippen LogP contribution is -2.33. The van der Waals surface area contributed by atoms with E-state index in [2.05, 4.69) is 48.5 Å². The van der Waals surface area contributed by atoms with Gasteiger partial charge in [-0.1, -0.05) is 27.7 Å². The molecule has 2 heterocycles. The first-order chi connectivity index (χ1) is 18.9. The van der Waals surface area contributed by atoms with Crippen LogP contribution in [0.1, 0.15) is 65.2 Å². The summed E-state index contributed by atoms with van der Waals surface area (Å²) in [6.07, 6.45) is 0.221. The molecule has 10 heteroatoms. The minimum Gasteiger partial charge on any atom is -0.444 e. The van der Waals surface area contributed by atoms with E-state index in [9.17, 15) is 9.59 Å². The molecule has 2 aromatic heterocycles. The zero-order valence-corrected chi connectivity index (χ0v) is 25.2. The van der Waals surface area contributed by atoms with Gasteiger partial charge in [0.05, 0.1) is 0 Å². The number of pyridine rings is 1. The summed E-state index contributed by atoms with van der Waals surface area (Å²) in [6, 6.07) is 11.3. The Morgan fingerprint density at radius 3 is 2.20 bits per heavy atom. The van der Waals surface area contributed by atoms with Gasteiger partial charge in [-0.15, -0.1) is 0 Å². The molecular weight excluding hydrogens is 506 g/mol. The summed E-state index contributed by atoms with van der Waals surface area (Å²) in [4.78, 5) is 36.3. The summed E-state index contributed by atoms with van der Waals surface area (Å²) in [5.74, 6) is 2.42. The van der Waals surface area contributed by atoms with Crippen LogP contribution in [0.5, 0.6) is 0 Å². The number of imidazole rings is 1. The van der Waals surface area contributed by atoms with Gasteiger partial charge in [-0.25, -0.2) is 14.8 Å². The van der Waals surface area contributed by atoms with Gasteiger partial charge in [0.25, 0.3) is 5.91 Å². The Labute approximate surface area is 237 Å². The molecule has 218 valence electrons. The number of anilines is 3. The fraction of sp³-hybridized carbons (Fsp3) is 0.533. The number of nitrogens with zero attached hydrogens (tertiary/aromatic N) is 4. The molecule has 0 atom stereocenters. The Balaban J connectivity index is 1.90. The van der Waals surface area contributed by atoms with Crippen molar-refractivity contribution in [1.29, 1.82) is 0 Å². The summed E-state index contributed by atoms with van der Waals surface area (Å²) in [5, 5.41) is 8.86. The van der Waals surface area contributed by atoms with E-state index in [0.717, 1.165) is 35.8 Å². The SMILES string of the molecule is CNC(=O)c1ccc(Nc2nc3ccc(N(CC(C)C)CC(C)C)nc3n2CCCNC(=O)OC(C)(C)C)cc1. The molecule has 10 nitrogen and oxygen atoms in total. The third kappa shape index (κ3) is 8.86. The lowest BCUT2D eigenvalue weighted by molar-refractivity contribution is 0.0526. The molecule has 0 aliphatic rings. The normalized spacial score (nSPS) is 11.7. The van der Waals surface area contributed by atoms with Crippen molar-refractivity contribution in [2.24, 2.45) is 11.8 Å². The second kappa shape index (κ2) is 13.5. The van der Waals surface area contributed by atoms with Gasteiger partial charge in [0.2, 0.25) is 5.95 Å². The van der Waals surface area contributed by atoms with Crippen molar-refractivity contribution in [1.82, 2.24) is 25.2 Å². The summed E-state index contributed by atoms with van der Waals surface area (Å²) in [6.45, 7) is 17.2. The zero-order valence-electron chi connectivity index (χ0n) is 25.2. The molecule has 0 saturated carbocycles.